The minimum Gasteiger partial charge on any atom is -0.341 e. The summed E-state index contributed by atoms with van der Waals surface area (Å²) in [5.41, 5.74) is 5.67. The number of benzene rings is 2. The van der Waals surface area contributed by atoms with E-state index >= 15 is 0 Å². The van der Waals surface area contributed by atoms with Crippen molar-refractivity contribution in [3.05, 3.63) is 59.9 Å². The molecule has 4 N–H and O–H groups in total. The van der Waals surface area contributed by atoms with Gasteiger partial charge >= 0.3 is 6.03 Å². The Morgan fingerprint density at radius 3 is 2.27 bits per heavy atom. The molecule has 0 radical (unpaired) electrons. The van der Waals surface area contributed by atoms with Crippen molar-refractivity contribution in [1.29, 1.82) is 0 Å². The standard InChI is InChI=1S/C17H18N4O/c1-10-4-5-13(8-11(10)2)20-17(22)21-14-6-7-15-16(9-14)19-12(3)18-15/h4-9,18-19H,3H2,1-2H3,(H2,20,21,22). The number of urea groups is 1. The molecule has 1 aliphatic heterocycles. The van der Waals surface area contributed by atoms with Gasteiger partial charge in [-0.2, -0.15) is 0 Å². The SMILES string of the molecule is C=C1Nc2ccc(NC(=O)Nc3ccc(C)c(C)c3)cc2N1. The molecule has 1 aliphatic rings. The highest BCUT2D eigenvalue weighted by Crippen LogP contribution is 2.32. The summed E-state index contributed by atoms with van der Waals surface area (Å²) in [6.45, 7) is 7.87. The molecule has 0 bridgehead atoms. The molecule has 0 fully saturated rings. The highest BCUT2D eigenvalue weighted by molar-refractivity contribution is 6.00. The Morgan fingerprint density at radius 1 is 0.909 bits per heavy atom. The predicted molar refractivity (Wildman–Crippen MR) is 91.4 cm³/mol. The Balaban J connectivity index is 1.68. The molecule has 2 amide bonds. The smallest absolute Gasteiger partial charge is 0.323 e. The molecule has 2 aromatic carbocycles. The van der Waals surface area contributed by atoms with Gasteiger partial charge in [0.05, 0.1) is 11.4 Å². The second-order valence-electron chi connectivity index (χ2n) is 5.37. The van der Waals surface area contributed by atoms with Crippen LogP contribution in [0.1, 0.15) is 11.1 Å². The predicted octanol–water partition coefficient (Wildman–Crippen LogP) is 4.26. The van der Waals surface area contributed by atoms with Crippen molar-refractivity contribution in [3.63, 3.8) is 0 Å². The molecular formula is C17H18N4O. The molecule has 22 heavy (non-hydrogen) atoms. The highest BCUT2D eigenvalue weighted by atomic mass is 16.2. The molecule has 0 atom stereocenters. The number of amides is 2. The van der Waals surface area contributed by atoms with E-state index in [0.717, 1.165) is 28.4 Å². The minimum atomic E-state index is -0.270. The molecule has 0 spiro atoms. The van der Waals surface area contributed by atoms with E-state index in [1.165, 1.54) is 5.56 Å². The number of nitrogens with one attached hydrogen (secondary N) is 4. The van der Waals surface area contributed by atoms with Crippen LogP contribution in [0.25, 0.3) is 0 Å². The first-order valence-electron chi connectivity index (χ1n) is 7.03. The van der Waals surface area contributed by atoms with Gasteiger partial charge in [-0.1, -0.05) is 12.6 Å². The zero-order valence-electron chi connectivity index (χ0n) is 12.6. The molecular weight excluding hydrogens is 276 g/mol. The lowest BCUT2D eigenvalue weighted by atomic mass is 10.1. The number of rotatable bonds is 2. The molecule has 0 aromatic heterocycles. The van der Waals surface area contributed by atoms with Gasteiger partial charge in [-0.05, 0) is 55.3 Å². The van der Waals surface area contributed by atoms with Gasteiger partial charge in [-0.25, -0.2) is 4.79 Å². The van der Waals surface area contributed by atoms with Gasteiger partial charge in [-0.15, -0.1) is 0 Å². The monoisotopic (exact) mass is 294 g/mol. The Hall–Kier alpha value is -2.95. The second kappa shape index (κ2) is 5.44. The summed E-state index contributed by atoms with van der Waals surface area (Å²) >= 11 is 0. The van der Waals surface area contributed by atoms with Crippen molar-refractivity contribution in [2.75, 3.05) is 21.3 Å². The molecule has 0 saturated heterocycles. The minimum absolute atomic E-state index is 0.270. The summed E-state index contributed by atoms with van der Waals surface area (Å²) < 4.78 is 0. The number of hydrogen-bond donors (Lipinski definition) is 4. The Morgan fingerprint density at radius 2 is 1.55 bits per heavy atom. The van der Waals surface area contributed by atoms with E-state index in [2.05, 4.69) is 27.8 Å². The summed E-state index contributed by atoms with van der Waals surface area (Å²) in [6, 6.07) is 11.2. The average molecular weight is 294 g/mol. The van der Waals surface area contributed by atoms with Crippen LogP contribution in [0.4, 0.5) is 27.5 Å². The molecule has 0 saturated carbocycles. The van der Waals surface area contributed by atoms with Crippen molar-refractivity contribution in [2.24, 2.45) is 0 Å². The topological polar surface area (TPSA) is 65.2 Å². The van der Waals surface area contributed by atoms with Crippen LogP contribution in [-0.4, -0.2) is 6.03 Å². The van der Waals surface area contributed by atoms with E-state index in [4.69, 9.17) is 0 Å². The molecule has 3 rings (SSSR count). The van der Waals surface area contributed by atoms with Crippen LogP contribution < -0.4 is 21.3 Å². The number of carbonyl (C=O) groups is 1. The lowest BCUT2D eigenvalue weighted by Crippen LogP contribution is -2.19. The summed E-state index contributed by atoms with van der Waals surface area (Å²) in [4.78, 5) is 12.1. The van der Waals surface area contributed by atoms with Crippen molar-refractivity contribution >= 4 is 28.8 Å². The Labute approximate surface area is 129 Å². The summed E-state index contributed by atoms with van der Waals surface area (Å²) in [7, 11) is 0. The van der Waals surface area contributed by atoms with Crippen molar-refractivity contribution in [1.82, 2.24) is 0 Å². The maximum Gasteiger partial charge on any atom is 0.323 e. The van der Waals surface area contributed by atoms with E-state index in [0.29, 0.717) is 5.69 Å². The average Bonchev–Trinajstić information content (AvgIpc) is 2.82. The summed E-state index contributed by atoms with van der Waals surface area (Å²) in [5, 5.41) is 11.8. The summed E-state index contributed by atoms with van der Waals surface area (Å²) in [6.07, 6.45) is 0. The third-order valence-electron chi connectivity index (χ3n) is 3.61. The summed E-state index contributed by atoms with van der Waals surface area (Å²) in [5.74, 6) is 0.728. The Bertz CT molecular complexity index is 767. The molecule has 112 valence electrons. The van der Waals surface area contributed by atoms with Crippen LogP contribution in [0.3, 0.4) is 0 Å². The van der Waals surface area contributed by atoms with Crippen LogP contribution >= 0.6 is 0 Å². The second-order valence-corrected chi connectivity index (χ2v) is 5.37. The Kier molecular flexibility index (Phi) is 3.47. The first-order valence-corrected chi connectivity index (χ1v) is 7.03. The first-order chi connectivity index (χ1) is 10.5. The fraction of sp³-hybridized carbons (Fsp3) is 0.118. The quantitative estimate of drug-likeness (QED) is 0.669. The lowest BCUT2D eigenvalue weighted by Gasteiger charge is -2.10. The zero-order valence-corrected chi connectivity index (χ0v) is 12.6. The highest BCUT2D eigenvalue weighted by Gasteiger charge is 2.13. The van der Waals surface area contributed by atoms with E-state index in [-0.39, 0.29) is 6.03 Å². The lowest BCUT2D eigenvalue weighted by molar-refractivity contribution is 0.262. The molecule has 1 heterocycles. The largest absolute Gasteiger partial charge is 0.341 e. The van der Waals surface area contributed by atoms with Crippen LogP contribution in [0.2, 0.25) is 0 Å². The number of carbonyl (C=O) groups excluding carboxylic acids is 1. The van der Waals surface area contributed by atoms with Crippen molar-refractivity contribution < 1.29 is 4.79 Å². The van der Waals surface area contributed by atoms with Gasteiger partial charge < -0.3 is 21.3 Å². The van der Waals surface area contributed by atoms with Gasteiger partial charge in [0.2, 0.25) is 0 Å². The van der Waals surface area contributed by atoms with Gasteiger partial charge in [-0.3, -0.25) is 0 Å². The van der Waals surface area contributed by atoms with Crippen LogP contribution in [0.15, 0.2) is 48.8 Å². The number of fused-ring (bicyclic) bond motifs is 1. The van der Waals surface area contributed by atoms with Gasteiger partial charge in [0.1, 0.15) is 5.82 Å². The number of aryl methyl sites for hydroxylation is 2. The van der Waals surface area contributed by atoms with Crippen molar-refractivity contribution in [3.8, 4) is 0 Å². The zero-order chi connectivity index (χ0) is 15.7. The van der Waals surface area contributed by atoms with Gasteiger partial charge in [0.15, 0.2) is 0 Å². The van der Waals surface area contributed by atoms with Gasteiger partial charge in [0.25, 0.3) is 0 Å². The third-order valence-corrected chi connectivity index (χ3v) is 3.61. The molecule has 0 aliphatic carbocycles. The first kappa shape index (κ1) is 14.0. The van der Waals surface area contributed by atoms with E-state index < -0.39 is 0 Å². The molecule has 2 aromatic rings. The number of anilines is 4. The van der Waals surface area contributed by atoms with Crippen molar-refractivity contribution in [2.45, 2.75) is 13.8 Å². The fourth-order valence-electron chi connectivity index (χ4n) is 2.30. The fourth-order valence-corrected chi connectivity index (χ4v) is 2.30. The molecule has 0 unspecified atom stereocenters. The van der Waals surface area contributed by atoms with Gasteiger partial charge in [0, 0.05) is 11.4 Å². The van der Waals surface area contributed by atoms with Crippen LogP contribution in [-0.2, 0) is 0 Å². The van der Waals surface area contributed by atoms with E-state index in [9.17, 15) is 4.79 Å². The van der Waals surface area contributed by atoms with E-state index in [1.54, 1.807) is 0 Å². The number of hydrogen-bond acceptors (Lipinski definition) is 3. The van der Waals surface area contributed by atoms with Crippen LogP contribution in [0, 0.1) is 13.8 Å². The normalized spacial score (nSPS) is 12.2. The van der Waals surface area contributed by atoms with Crippen LogP contribution in [0.5, 0.6) is 0 Å². The molecule has 5 heteroatoms. The maximum absolute atomic E-state index is 12.1. The molecule has 5 nitrogen and oxygen atoms in total. The third kappa shape index (κ3) is 2.88. The van der Waals surface area contributed by atoms with E-state index in [1.807, 2.05) is 50.2 Å². The maximum atomic E-state index is 12.1.